The summed E-state index contributed by atoms with van der Waals surface area (Å²) >= 11 is 0. The van der Waals surface area contributed by atoms with Gasteiger partial charge in [-0.1, -0.05) is 6.42 Å². The summed E-state index contributed by atoms with van der Waals surface area (Å²) in [6.07, 6.45) is 4.20. The minimum Gasteiger partial charge on any atom is -0.497 e. The van der Waals surface area contributed by atoms with Gasteiger partial charge in [0.1, 0.15) is 5.75 Å². The van der Waals surface area contributed by atoms with Crippen molar-refractivity contribution in [3.63, 3.8) is 0 Å². The van der Waals surface area contributed by atoms with E-state index in [0.717, 1.165) is 18.2 Å². The minimum absolute atomic E-state index is 0.900. The first kappa shape index (κ1) is 9.38. The lowest BCUT2D eigenvalue weighted by Gasteiger charge is -2.25. The predicted molar refractivity (Wildman–Crippen MR) is 58.8 cm³/mol. The highest BCUT2D eigenvalue weighted by atomic mass is 16.5. The van der Waals surface area contributed by atoms with E-state index in [1.807, 2.05) is 12.1 Å². The van der Waals surface area contributed by atoms with Crippen molar-refractivity contribution >= 4 is 5.69 Å². The summed E-state index contributed by atoms with van der Waals surface area (Å²) < 4.78 is 5.10. The van der Waals surface area contributed by atoms with Crippen molar-refractivity contribution in [2.75, 3.05) is 19.0 Å². The molecule has 0 bridgehead atoms. The SMILES string of the molecule is COc1ccc(NCC2CCC2)cc1. The highest BCUT2D eigenvalue weighted by Crippen LogP contribution is 2.26. The monoisotopic (exact) mass is 191 g/mol. The molecule has 1 aromatic carbocycles. The molecule has 0 saturated heterocycles. The fourth-order valence-corrected chi connectivity index (χ4v) is 1.67. The Balaban J connectivity index is 1.83. The van der Waals surface area contributed by atoms with Gasteiger partial charge >= 0.3 is 0 Å². The lowest BCUT2D eigenvalue weighted by molar-refractivity contribution is 0.333. The minimum atomic E-state index is 0.900. The summed E-state index contributed by atoms with van der Waals surface area (Å²) in [5.74, 6) is 1.82. The van der Waals surface area contributed by atoms with E-state index in [0.29, 0.717) is 0 Å². The van der Waals surface area contributed by atoms with E-state index in [9.17, 15) is 0 Å². The van der Waals surface area contributed by atoms with Gasteiger partial charge in [-0.25, -0.2) is 0 Å². The number of hydrogen-bond acceptors (Lipinski definition) is 2. The van der Waals surface area contributed by atoms with Crippen LogP contribution in [0, 0.1) is 5.92 Å². The number of hydrogen-bond donors (Lipinski definition) is 1. The molecule has 2 rings (SSSR count). The second-order valence-electron chi connectivity index (χ2n) is 3.91. The van der Waals surface area contributed by atoms with Crippen LogP contribution in [-0.4, -0.2) is 13.7 Å². The van der Waals surface area contributed by atoms with E-state index in [-0.39, 0.29) is 0 Å². The van der Waals surface area contributed by atoms with E-state index < -0.39 is 0 Å². The van der Waals surface area contributed by atoms with Gasteiger partial charge in [0, 0.05) is 12.2 Å². The second-order valence-corrected chi connectivity index (χ2v) is 3.91. The number of methoxy groups -OCH3 is 1. The van der Waals surface area contributed by atoms with Crippen LogP contribution in [0.15, 0.2) is 24.3 Å². The number of ether oxygens (including phenoxy) is 1. The van der Waals surface area contributed by atoms with Crippen LogP contribution in [0.3, 0.4) is 0 Å². The number of anilines is 1. The molecular formula is C12H17NO. The molecule has 0 spiro atoms. The number of rotatable bonds is 4. The average Bonchev–Trinajstić information content (AvgIpc) is 2.16. The first-order valence-electron chi connectivity index (χ1n) is 5.26. The van der Waals surface area contributed by atoms with E-state index in [1.165, 1.54) is 24.9 Å². The van der Waals surface area contributed by atoms with Crippen molar-refractivity contribution in [1.82, 2.24) is 0 Å². The highest BCUT2D eigenvalue weighted by Gasteiger charge is 2.16. The van der Waals surface area contributed by atoms with Crippen LogP contribution < -0.4 is 10.1 Å². The van der Waals surface area contributed by atoms with Gasteiger partial charge in [0.2, 0.25) is 0 Å². The Morgan fingerprint density at radius 3 is 2.50 bits per heavy atom. The Morgan fingerprint density at radius 2 is 2.00 bits per heavy atom. The number of benzene rings is 1. The van der Waals surface area contributed by atoms with Crippen molar-refractivity contribution in [3.05, 3.63) is 24.3 Å². The topological polar surface area (TPSA) is 21.3 Å². The molecule has 0 aliphatic heterocycles. The molecule has 0 atom stereocenters. The van der Waals surface area contributed by atoms with Crippen LogP contribution in [0.2, 0.25) is 0 Å². The number of nitrogens with one attached hydrogen (secondary N) is 1. The lowest BCUT2D eigenvalue weighted by Crippen LogP contribution is -2.20. The largest absolute Gasteiger partial charge is 0.497 e. The molecule has 1 fully saturated rings. The van der Waals surface area contributed by atoms with Crippen LogP contribution in [0.1, 0.15) is 19.3 Å². The summed E-state index contributed by atoms with van der Waals surface area (Å²) in [6.45, 7) is 1.12. The third-order valence-electron chi connectivity index (χ3n) is 2.91. The Kier molecular flexibility index (Phi) is 2.92. The van der Waals surface area contributed by atoms with Crippen molar-refractivity contribution in [3.8, 4) is 5.75 Å². The molecule has 1 saturated carbocycles. The van der Waals surface area contributed by atoms with Crippen LogP contribution in [0.5, 0.6) is 5.75 Å². The first-order chi connectivity index (χ1) is 6.88. The summed E-state index contributed by atoms with van der Waals surface area (Å²) in [5, 5.41) is 3.44. The summed E-state index contributed by atoms with van der Waals surface area (Å²) in [6, 6.07) is 8.11. The van der Waals surface area contributed by atoms with Gasteiger partial charge in [0.15, 0.2) is 0 Å². The molecule has 1 aromatic rings. The van der Waals surface area contributed by atoms with Crippen LogP contribution in [0.4, 0.5) is 5.69 Å². The molecule has 0 heterocycles. The third-order valence-corrected chi connectivity index (χ3v) is 2.91. The van der Waals surface area contributed by atoms with Crippen LogP contribution in [0.25, 0.3) is 0 Å². The predicted octanol–water partition coefficient (Wildman–Crippen LogP) is 2.91. The van der Waals surface area contributed by atoms with Gasteiger partial charge in [-0.05, 0) is 43.0 Å². The molecule has 1 aliphatic rings. The van der Waals surface area contributed by atoms with E-state index in [2.05, 4.69) is 17.4 Å². The Hall–Kier alpha value is -1.18. The molecule has 0 unspecified atom stereocenters. The quantitative estimate of drug-likeness (QED) is 0.790. The Morgan fingerprint density at radius 1 is 1.29 bits per heavy atom. The molecule has 0 radical (unpaired) electrons. The highest BCUT2D eigenvalue weighted by molar-refractivity contribution is 5.46. The van der Waals surface area contributed by atoms with E-state index in [4.69, 9.17) is 4.74 Å². The normalized spacial score (nSPS) is 16.1. The smallest absolute Gasteiger partial charge is 0.119 e. The molecule has 1 N–H and O–H groups in total. The van der Waals surface area contributed by atoms with Gasteiger partial charge in [-0.3, -0.25) is 0 Å². The van der Waals surface area contributed by atoms with Gasteiger partial charge in [-0.2, -0.15) is 0 Å². The Labute approximate surface area is 85.3 Å². The van der Waals surface area contributed by atoms with Crippen LogP contribution in [-0.2, 0) is 0 Å². The molecule has 2 heteroatoms. The molecule has 2 nitrogen and oxygen atoms in total. The summed E-state index contributed by atoms with van der Waals surface area (Å²) in [5.41, 5.74) is 1.19. The van der Waals surface area contributed by atoms with E-state index in [1.54, 1.807) is 7.11 Å². The van der Waals surface area contributed by atoms with Gasteiger partial charge < -0.3 is 10.1 Å². The van der Waals surface area contributed by atoms with Gasteiger partial charge in [-0.15, -0.1) is 0 Å². The zero-order valence-electron chi connectivity index (χ0n) is 8.62. The van der Waals surface area contributed by atoms with Gasteiger partial charge in [0.05, 0.1) is 7.11 Å². The zero-order chi connectivity index (χ0) is 9.80. The fourth-order valence-electron chi connectivity index (χ4n) is 1.67. The molecule has 0 aromatic heterocycles. The maximum Gasteiger partial charge on any atom is 0.119 e. The first-order valence-corrected chi connectivity index (χ1v) is 5.26. The van der Waals surface area contributed by atoms with Crippen LogP contribution >= 0.6 is 0 Å². The van der Waals surface area contributed by atoms with Crippen molar-refractivity contribution in [2.24, 2.45) is 5.92 Å². The molecule has 0 amide bonds. The third kappa shape index (κ3) is 2.19. The lowest BCUT2D eigenvalue weighted by atomic mass is 9.85. The summed E-state index contributed by atoms with van der Waals surface area (Å²) in [7, 11) is 1.69. The maximum absolute atomic E-state index is 5.10. The average molecular weight is 191 g/mol. The molecule has 76 valence electrons. The van der Waals surface area contributed by atoms with Gasteiger partial charge in [0.25, 0.3) is 0 Å². The maximum atomic E-state index is 5.10. The summed E-state index contributed by atoms with van der Waals surface area (Å²) in [4.78, 5) is 0. The zero-order valence-corrected chi connectivity index (χ0v) is 8.62. The fraction of sp³-hybridized carbons (Fsp3) is 0.500. The standard InChI is InChI=1S/C12H17NO/c1-14-12-7-5-11(6-8-12)13-9-10-3-2-4-10/h5-8,10,13H,2-4,9H2,1H3. The molecule has 14 heavy (non-hydrogen) atoms. The molecule has 1 aliphatic carbocycles. The van der Waals surface area contributed by atoms with E-state index >= 15 is 0 Å². The second kappa shape index (κ2) is 4.36. The Bertz CT molecular complexity index is 277. The molecular weight excluding hydrogens is 174 g/mol. The van der Waals surface area contributed by atoms with Crippen molar-refractivity contribution in [1.29, 1.82) is 0 Å². The van der Waals surface area contributed by atoms with Crippen molar-refractivity contribution in [2.45, 2.75) is 19.3 Å². The van der Waals surface area contributed by atoms with Crippen molar-refractivity contribution < 1.29 is 4.74 Å².